The maximum Gasteiger partial charge on any atom is 0.247 e. The SMILES string of the molecule is COc1ccccc1/C=C/C(=O)N1C[C@H]2[C@]3(c4ccc(C)cc4)CC[C@@H](c4ccccc43)[C@@]2(C(=O)NNc2ccccc2C)C1. The third kappa shape index (κ3) is 4.54. The molecule has 2 bridgehead atoms. The molecule has 4 aliphatic rings. The Kier molecular flexibility index (Phi) is 7.23. The summed E-state index contributed by atoms with van der Waals surface area (Å²) in [5, 5.41) is 0. The lowest BCUT2D eigenvalue weighted by Gasteiger charge is -2.60. The number of hydrogen-bond acceptors (Lipinski definition) is 4. The van der Waals surface area contributed by atoms with Crippen molar-refractivity contribution in [3.05, 3.63) is 137 Å². The van der Waals surface area contributed by atoms with E-state index in [1.54, 1.807) is 13.2 Å². The van der Waals surface area contributed by atoms with Crippen LogP contribution in [0.5, 0.6) is 5.75 Å². The Morgan fingerprint density at radius 1 is 0.911 bits per heavy atom. The van der Waals surface area contributed by atoms with Crippen molar-refractivity contribution in [2.24, 2.45) is 11.3 Å². The van der Waals surface area contributed by atoms with Crippen LogP contribution in [0.3, 0.4) is 0 Å². The van der Waals surface area contributed by atoms with E-state index in [1.807, 2.05) is 66.4 Å². The van der Waals surface area contributed by atoms with E-state index in [0.29, 0.717) is 18.8 Å². The van der Waals surface area contributed by atoms with Crippen molar-refractivity contribution in [2.75, 3.05) is 25.6 Å². The molecular weight excluding hydrogens is 558 g/mol. The first-order valence-corrected chi connectivity index (χ1v) is 15.8. The average Bonchev–Trinajstić information content (AvgIpc) is 3.51. The predicted octanol–water partition coefficient (Wildman–Crippen LogP) is 6.79. The molecule has 6 heteroatoms. The predicted molar refractivity (Wildman–Crippen MR) is 178 cm³/mol. The third-order valence-corrected chi connectivity index (χ3v) is 10.6. The number of methoxy groups -OCH3 is 1. The lowest BCUT2D eigenvalue weighted by atomic mass is 9.42. The van der Waals surface area contributed by atoms with Crippen molar-refractivity contribution >= 4 is 23.6 Å². The van der Waals surface area contributed by atoms with Crippen LogP contribution < -0.4 is 15.6 Å². The zero-order chi connectivity index (χ0) is 31.2. The van der Waals surface area contributed by atoms with Gasteiger partial charge in [-0.2, -0.15) is 0 Å². The molecule has 2 N–H and O–H groups in total. The quantitative estimate of drug-likeness (QED) is 0.182. The molecule has 2 amide bonds. The molecule has 6 nitrogen and oxygen atoms in total. The summed E-state index contributed by atoms with van der Waals surface area (Å²) in [5.41, 5.74) is 12.8. The van der Waals surface area contributed by atoms with E-state index in [1.165, 1.54) is 22.3 Å². The van der Waals surface area contributed by atoms with Crippen molar-refractivity contribution in [3.63, 3.8) is 0 Å². The van der Waals surface area contributed by atoms with E-state index in [4.69, 9.17) is 4.74 Å². The van der Waals surface area contributed by atoms with Gasteiger partial charge in [-0.25, -0.2) is 0 Å². The molecule has 8 rings (SSSR count). The summed E-state index contributed by atoms with van der Waals surface area (Å²) in [7, 11) is 1.63. The topological polar surface area (TPSA) is 70.7 Å². The highest BCUT2D eigenvalue weighted by atomic mass is 16.5. The monoisotopic (exact) mass is 597 g/mol. The Balaban J connectivity index is 1.33. The lowest BCUT2D eigenvalue weighted by Crippen LogP contribution is -2.63. The maximum atomic E-state index is 14.8. The molecule has 1 aliphatic heterocycles. The number of fused-ring (bicyclic) bond motifs is 1. The number of nitrogens with one attached hydrogen (secondary N) is 2. The molecule has 3 aliphatic carbocycles. The zero-order valence-corrected chi connectivity index (χ0v) is 26.0. The molecule has 0 radical (unpaired) electrons. The number of anilines is 1. The van der Waals surface area contributed by atoms with Gasteiger partial charge < -0.3 is 9.64 Å². The highest BCUT2D eigenvalue weighted by molar-refractivity contribution is 5.95. The second kappa shape index (κ2) is 11.3. The first-order valence-electron chi connectivity index (χ1n) is 15.8. The van der Waals surface area contributed by atoms with Gasteiger partial charge in [0.1, 0.15) is 5.75 Å². The van der Waals surface area contributed by atoms with Gasteiger partial charge in [-0.1, -0.05) is 90.5 Å². The number of aryl methyl sites for hydroxylation is 2. The van der Waals surface area contributed by atoms with Gasteiger partial charge in [0, 0.05) is 42.0 Å². The van der Waals surface area contributed by atoms with E-state index < -0.39 is 10.8 Å². The van der Waals surface area contributed by atoms with Gasteiger partial charge in [0.2, 0.25) is 11.8 Å². The molecule has 228 valence electrons. The number of amides is 2. The van der Waals surface area contributed by atoms with E-state index in [2.05, 4.69) is 66.3 Å². The number of hydrazine groups is 1. The number of para-hydroxylation sites is 2. The number of benzene rings is 4. The summed E-state index contributed by atoms with van der Waals surface area (Å²) in [6.45, 7) is 4.96. The fourth-order valence-electron chi connectivity index (χ4n) is 8.52. The van der Waals surface area contributed by atoms with Crippen LogP contribution in [0.2, 0.25) is 0 Å². The van der Waals surface area contributed by atoms with Gasteiger partial charge in [-0.05, 0) is 67.2 Å². The van der Waals surface area contributed by atoms with Crippen molar-refractivity contribution in [3.8, 4) is 5.75 Å². The molecule has 1 saturated carbocycles. The van der Waals surface area contributed by atoms with Crippen molar-refractivity contribution in [1.82, 2.24) is 10.3 Å². The Labute approximate surface area is 265 Å². The second-order valence-corrected chi connectivity index (χ2v) is 12.8. The maximum absolute atomic E-state index is 14.8. The zero-order valence-electron chi connectivity index (χ0n) is 26.0. The van der Waals surface area contributed by atoms with Crippen LogP contribution >= 0.6 is 0 Å². The van der Waals surface area contributed by atoms with Crippen LogP contribution in [-0.4, -0.2) is 36.9 Å². The number of ether oxygens (including phenoxy) is 1. The molecular formula is C39H39N3O3. The Morgan fingerprint density at radius 3 is 2.44 bits per heavy atom. The number of carbonyl (C=O) groups is 2. The Hall–Kier alpha value is -4.84. The highest BCUT2D eigenvalue weighted by Gasteiger charge is 2.70. The number of likely N-dealkylation sites (tertiary alicyclic amines) is 1. The third-order valence-electron chi connectivity index (χ3n) is 10.6. The molecule has 1 heterocycles. The molecule has 0 aromatic heterocycles. The minimum Gasteiger partial charge on any atom is -0.496 e. The first kappa shape index (κ1) is 28.9. The molecule has 1 saturated heterocycles. The fourth-order valence-corrected chi connectivity index (χ4v) is 8.52. The summed E-state index contributed by atoms with van der Waals surface area (Å²) in [6.07, 6.45) is 5.24. The van der Waals surface area contributed by atoms with Gasteiger partial charge in [-0.3, -0.25) is 20.4 Å². The highest BCUT2D eigenvalue weighted by Crippen LogP contribution is 2.69. The Morgan fingerprint density at radius 2 is 1.64 bits per heavy atom. The normalized spacial score (nSPS) is 24.6. The summed E-state index contributed by atoms with van der Waals surface area (Å²) >= 11 is 0. The van der Waals surface area contributed by atoms with E-state index >= 15 is 0 Å². The van der Waals surface area contributed by atoms with Crippen LogP contribution in [0.25, 0.3) is 6.08 Å². The van der Waals surface area contributed by atoms with E-state index in [-0.39, 0.29) is 23.7 Å². The molecule has 45 heavy (non-hydrogen) atoms. The van der Waals surface area contributed by atoms with Gasteiger partial charge in [0.15, 0.2) is 0 Å². The molecule has 0 unspecified atom stereocenters. The van der Waals surface area contributed by atoms with Crippen LogP contribution in [-0.2, 0) is 15.0 Å². The smallest absolute Gasteiger partial charge is 0.247 e. The number of rotatable bonds is 7. The molecule has 4 atom stereocenters. The standard InChI is InChI=1S/C39H39N3O3/c1-26-16-19-29(20-17-26)38-23-22-32(30-12-6-7-13-31(30)38)39(37(44)41-40-33-14-8-4-10-27(33)2)25-42(24-35(38)39)36(43)21-18-28-11-5-9-15-34(28)45-3/h4-21,32,35,40H,22-25H2,1-3H3,(H,41,44)/b21-18+/t32-,35-,38-,39-/m0/s1. The average molecular weight is 598 g/mol. The van der Waals surface area contributed by atoms with Gasteiger partial charge in [-0.15, -0.1) is 0 Å². The summed E-state index contributed by atoms with van der Waals surface area (Å²) in [4.78, 5) is 30.7. The second-order valence-electron chi connectivity index (χ2n) is 12.8. The molecule has 4 aromatic rings. The van der Waals surface area contributed by atoms with E-state index in [9.17, 15) is 9.59 Å². The van der Waals surface area contributed by atoms with Gasteiger partial charge in [0.05, 0.1) is 18.2 Å². The molecule has 0 spiro atoms. The van der Waals surface area contributed by atoms with Gasteiger partial charge in [0.25, 0.3) is 0 Å². The number of carbonyl (C=O) groups excluding carboxylic acids is 2. The van der Waals surface area contributed by atoms with Crippen molar-refractivity contribution in [2.45, 2.75) is 38.0 Å². The lowest BCUT2D eigenvalue weighted by molar-refractivity contribution is -0.138. The summed E-state index contributed by atoms with van der Waals surface area (Å²) < 4.78 is 5.51. The first-order chi connectivity index (χ1) is 21.9. The fraction of sp³-hybridized carbons (Fsp3) is 0.282. The van der Waals surface area contributed by atoms with Crippen LogP contribution in [0.4, 0.5) is 5.69 Å². The minimum atomic E-state index is -0.818. The van der Waals surface area contributed by atoms with Crippen LogP contribution in [0.1, 0.15) is 52.1 Å². The summed E-state index contributed by atoms with van der Waals surface area (Å²) in [5.74, 6) is 0.429. The molecule has 4 aromatic carbocycles. The van der Waals surface area contributed by atoms with E-state index in [0.717, 1.165) is 29.7 Å². The van der Waals surface area contributed by atoms with Crippen LogP contribution in [0.15, 0.2) is 103 Å². The largest absolute Gasteiger partial charge is 0.496 e. The molecule has 2 fully saturated rings. The summed E-state index contributed by atoms with van der Waals surface area (Å²) in [6, 6.07) is 33.0. The van der Waals surface area contributed by atoms with Crippen LogP contribution in [0, 0.1) is 25.2 Å². The number of nitrogens with zero attached hydrogens (tertiary/aromatic N) is 1. The van der Waals surface area contributed by atoms with Gasteiger partial charge >= 0.3 is 0 Å². The number of hydrogen-bond donors (Lipinski definition) is 2. The Bertz CT molecular complexity index is 1800. The van der Waals surface area contributed by atoms with Crippen molar-refractivity contribution in [1.29, 1.82) is 0 Å². The minimum absolute atomic E-state index is 0.0132. The van der Waals surface area contributed by atoms with Crippen molar-refractivity contribution < 1.29 is 14.3 Å².